The number of likely N-dealkylation sites (tertiary alicyclic amines) is 1. The van der Waals surface area contributed by atoms with Crippen molar-refractivity contribution in [3.05, 3.63) is 18.5 Å². The quantitative estimate of drug-likeness (QED) is 0.789. The van der Waals surface area contributed by atoms with Crippen LogP contribution in [0.15, 0.2) is 18.5 Å². The van der Waals surface area contributed by atoms with Crippen molar-refractivity contribution in [1.82, 2.24) is 14.7 Å². The molecule has 0 unspecified atom stereocenters. The molecule has 1 aliphatic carbocycles. The molecule has 1 aromatic heterocycles. The van der Waals surface area contributed by atoms with Crippen LogP contribution in [-0.4, -0.2) is 52.6 Å². The molecular weight excluding hydrogens is 314 g/mol. The lowest BCUT2D eigenvalue weighted by atomic mass is 10.2. The van der Waals surface area contributed by atoms with Crippen LogP contribution in [0, 0.1) is 0 Å². The van der Waals surface area contributed by atoms with Crippen molar-refractivity contribution in [1.29, 1.82) is 0 Å². The van der Waals surface area contributed by atoms with Crippen LogP contribution >= 0.6 is 0 Å². The molecule has 0 aromatic carbocycles. The Balaban J connectivity index is 1.54. The number of carbonyl (C=O) groups excluding carboxylic acids is 1. The first-order valence-corrected chi connectivity index (χ1v) is 10.3. The van der Waals surface area contributed by atoms with Crippen molar-refractivity contribution in [2.45, 2.75) is 62.8 Å². The fourth-order valence-electron chi connectivity index (χ4n) is 3.77. The molecule has 1 saturated heterocycles. The molecule has 1 saturated carbocycles. The standard InChI is InChI=1S/C16H25N3O3S/c20-16(8-12-23(21,22)15-6-1-2-7-15)19-11-3-5-14(19)13-18-10-4-9-17-18/h4,9-10,14-15H,1-3,5-8,11-13H2/t14-/m1/s1. The molecule has 1 atom stereocenters. The van der Waals surface area contributed by atoms with Crippen molar-refractivity contribution in [2.24, 2.45) is 0 Å². The van der Waals surface area contributed by atoms with Gasteiger partial charge in [0, 0.05) is 25.4 Å². The second-order valence-corrected chi connectivity index (χ2v) is 9.04. The summed E-state index contributed by atoms with van der Waals surface area (Å²) in [7, 11) is -3.12. The van der Waals surface area contributed by atoms with Gasteiger partial charge in [-0.25, -0.2) is 8.42 Å². The number of aromatic nitrogens is 2. The zero-order chi connectivity index (χ0) is 16.3. The Morgan fingerprint density at radius 1 is 1.17 bits per heavy atom. The summed E-state index contributed by atoms with van der Waals surface area (Å²) in [5, 5.41) is 3.98. The molecule has 0 spiro atoms. The minimum absolute atomic E-state index is 0.00148. The van der Waals surface area contributed by atoms with Gasteiger partial charge < -0.3 is 4.90 Å². The predicted octanol–water partition coefficient (Wildman–Crippen LogP) is 1.62. The first-order valence-electron chi connectivity index (χ1n) is 8.55. The number of amides is 1. The molecule has 0 bridgehead atoms. The summed E-state index contributed by atoms with van der Waals surface area (Å²) < 4.78 is 26.4. The highest BCUT2D eigenvalue weighted by molar-refractivity contribution is 7.92. The van der Waals surface area contributed by atoms with E-state index in [1.54, 1.807) is 6.20 Å². The van der Waals surface area contributed by atoms with E-state index in [0.717, 1.165) is 45.1 Å². The van der Waals surface area contributed by atoms with Gasteiger partial charge in [0.15, 0.2) is 9.84 Å². The van der Waals surface area contributed by atoms with E-state index in [1.807, 2.05) is 21.8 Å². The first-order chi connectivity index (χ1) is 11.1. The summed E-state index contributed by atoms with van der Waals surface area (Å²) in [4.78, 5) is 14.3. The molecule has 6 nitrogen and oxygen atoms in total. The number of rotatable bonds is 6. The summed E-state index contributed by atoms with van der Waals surface area (Å²) in [5.74, 6) is -0.0252. The van der Waals surface area contributed by atoms with Crippen LogP contribution in [0.5, 0.6) is 0 Å². The molecular formula is C16H25N3O3S. The number of nitrogens with zero attached hydrogens (tertiary/aromatic N) is 3. The van der Waals surface area contributed by atoms with Crippen LogP contribution in [-0.2, 0) is 21.2 Å². The highest BCUT2D eigenvalue weighted by Gasteiger charge is 2.32. The molecule has 2 fully saturated rings. The number of hydrogen-bond donors (Lipinski definition) is 0. The average Bonchev–Trinajstić information content (AvgIpc) is 3.27. The van der Waals surface area contributed by atoms with Gasteiger partial charge in [-0.2, -0.15) is 5.10 Å². The van der Waals surface area contributed by atoms with Gasteiger partial charge in [-0.15, -0.1) is 0 Å². The van der Waals surface area contributed by atoms with Gasteiger partial charge in [-0.3, -0.25) is 9.48 Å². The minimum atomic E-state index is -3.12. The second-order valence-electron chi connectivity index (χ2n) is 6.63. The van der Waals surface area contributed by atoms with Crippen molar-refractivity contribution in [2.75, 3.05) is 12.3 Å². The summed E-state index contributed by atoms with van der Waals surface area (Å²) in [5.41, 5.74) is 0. The summed E-state index contributed by atoms with van der Waals surface area (Å²) >= 11 is 0. The fourth-order valence-corrected chi connectivity index (χ4v) is 5.61. The van der Waals surface area contributed by atoms with Gasteiger partial charge in [-0.05, 0) is 31.7 Å². The molecule has 2 heterocycles. The smallest absolute Gasteiger partial charge is 0.223 e. The van der Waals surface area contributed by atoms with E-state index in [9.17, 15) is 13.2 Å². The highest BCUT2D eigenvalue weighted by atomic mass is 32.2. The summed E-state index contributed by atoms with van der Waals surface area (Å²) in [6, 6.07) is 2.01. The monoisotopic (exact) mass is 339 g/mol. The van der Waals surface area contributed by atoms with Gasteiger partial charge in [0.1, 0.15) is 0 Å². The predicted molar refractivity (Wildman–Crippen MR) is 87.6 cm³/mol. The molecule has 1 aliphatic heterocycles. The van der Waals surface area contributed by atoms with E-state index in [4.69, 9.17) is 0 Å². The molecule has 0 radical (unpaired) electrons. The zero-order valence-corrected chi connectivity index (χ0v) is 14.2. The maximum Gasteiger partial charge on any atom is 0.223 e. The minimum Gasteiger partial charge on any atom is -0.338 e. The largest absolute Gasteiger partial charge is 0.338 e. The van der Waals surface area contributed by atoms with Gasteiger partial charge in [0.2, 0.25) is 5.91 Å². The lowest BCUT2D eigenvalue weighted by molar-refractivity contribution is -0.131. The molecule has 1 aromatic rings. The van der Waals surface area contributed by atoms with Crippen molar-refractivity contribution < 1.29 is 13.2 Å². The first kappa shape index (κ1) is 16.5. The molecule has 128 valence electrons. The molecule has 3 rings (SSSR count). The van der Waals surface area contributed by atoms with Crippen molar-refractivity contribution in [3.8, 4) is 0 Å². The van der Waals surface area contributed by atoms with Gasteiger partial charge in [-0.1, -0.05) is 12.8 Å². The molecule has 23 heavy (non-hydrogen) atoms. The maximum atomic E-state index is 12.5. The topological polar surface area (TPSA) is 72.3 Å². The van der Waals surface area contributed by atoms with E-state index in [-0.39, 0.29) is 29.4 Å². The van der Waals surface area contributed by atoms with Gasteiger partial charge >= 0.3 is 0 Å². The Kier molecular flexibility index (Phi) is 5.04. The normalized spacial score (nSPS) is 22.8. The van der Waals surface area contributed by atoms with Crippen molar-refractivity contribution in [3.63, 3.8) is 0 Å². The van der Waals surface area contributed by atoms with Crippen LogP contribution in [0.2, 0.25) is 0 Å². The Hall–Kier alpha value is -1.37. The second kappa shape index (κ2) is 7.03. The fraction of sp³-hybridized carbons (Fsp3) is 0.750. The highest BCUT2D eigenvalue weighted by Crippen LogP contribution is 2.26. The van der Waals surface area contributed by atoms with E-state index in [1.165, 1.54) is 0 Å². The Labute approximate surface area is 137 Å². The van der Waals surface area contributed by atoms with E-state index >= 15 is 0 Å². The van der Waals surface area contributed by atoms with Crippen LogP contribution in [0.25, 0.3) is 0 Å². The van der Waals surface area contributed by atoms with Gasteiger partial charge in [0.05, 0.1) is 23.6 Å². The van der Waals surface area contributed by atoms with Crippen LogP contribution in [0.3, 0.4) is 0 Å². The van der Waals surface area contributed by atoms with Crippen molar-refractivity contribution >= 4 is 15.7 Å². The van der Waals surface area contributed by atoms with E-state index in [2.05, 4.69) is 5.10 Å². The van der Waals surface area contributed by atoms with Crippen LogP contribution in [0.1, 0.15) is 44.9 Å². The molecule has 0 N–H and O–H groups in total. The maximum absolute atomic E-state index is 12.5. The third-order valence-corrected chi connectivity index (χ3v) is 7.33. The third-order valence-electron chi connectivity index (χ3n) is 5.06. The number of hydrogen-bond acceptors (Lipinski definition) is 4. The lowest BCUT2D eigenvalue weighted by Gasteiger charge is -2.25. The Morgan fingerprint density at radius 3 is 2.65 bits per heavy atom. The molecule has 7 heteroatoms. The number of carbonyl (C=O) groups is 1. The Morgan fingerprint density at radius 2 is 1.96 bits per heavy atom. The summed E-state index contributed by atoms with van der Waals surface area (Å²) in [6.45, 7) is 1.42. The average molecular weight is 339 g/mol. The van der Waals surface area contributed by atoms with E-state index in [0.29, 0.717) is 6.54 Å². The van der Waals surface area contributed by atoms with Gasteiger partial charge in [0.25, 0.3) is 0 Å². The molecule has 2 aliphatic rings. The Bertz CT molecular complexity index is 621. The molecule has 1 amide bonds. The van der Waals surface area contributed by atoms with Crippen LogP contribution in [0.4, 0.5) is 0 Å². The van der Waals surface area contributed by atoms with E-state index < -0.39 is 9.84 Å². The number of sulfone groups is 1. The summed E-state index contributed by atoms with van der Waals surface area (Å²) in [6.07, 6.45) is 9.21. The SMILES string of the molecule is O=C(CCS(=O)(=O)C1CCCC1)N1CCC[C@@H]1Cn1cccn1. The van der Waals surface area contributed by atoms with Crippen LogP contribution < -0.4 is 0 Å². The third kappa shape index (κ3) is 3.94. The zero-order valence-electron chi connectivity index (χ0n) is 13.4. The lowest BCUT2D eigenvalue weighted by Crippen LogP contribution is -2.39.